The number of rotatable bonds is 6. The lowest BCUT2D eigenvalue weighted by Crippen LogP contribution is -2.37. The summed E-state index contributed by atoms with van der Waals surface area (Å²) in [6, 6.07) is 7.26. The number of benzene rings is 1. The van der Waals surface area contributed by atoms with Gasteiger partial charge < -0.3 is 15.2 Å². The fraction of sp³-hybridized carbons (Fsp3) is 0.267. The predicted octanol–water partition coefficient (Wildman–Crippen LogP) is 2.63. The molecule has 0 spiro atoms. The van der Waals surface area contributed by atoms with Gasteiger partial charge in [-0.3, -0.25) is 0 Å². The zero-order valence-corrected chi connectivity index (χ0v) is 13.1. The highest BCUT2D eigenvalue weighted by molar-refractivity contribution is 6.30. The van der Waals surface area contributed by atoms with Crippen molar-refractivity contribution in [3.8, 4) is 11.4 Å². The second kappa shape index (κ2) is 8.19. The lowest BCUT2D eigenvalue weighted by atomic mass is 10.2. The minimum absolute atomic E-state index is 0.299. The molecule has 0 aliphatic carbocycles. The summed E-state index contributed by atoms with van der Waals surface area (Å²) in [4.78, 5) is 8.69. The molecule has 2 N–H and O–H groups in total. The largest absolute Gasteiger partial charge is 0.357 e. The van der Waals surface area contributed by atoms with Crippen molar-refractivity contribution < 1.29 is 4.52 Å². The quantitative estimate of drug-likeness (QED) is 0.486. The molecule has 116 valence electrons. The molecule has 22 heavy (non-hydrogen) atoms. The van der Waals surface area contributed by atoms with Gasteiger partial charge in [-0.25, -0.2) is 4.99 Å². The smallest absolute Gasteiger partial charge is 0.248 e. The van der Waals surface area contributed by atoms with Crippen molar-refractivity contribution in [2.45, 2.75) is 13.5 Å². The monoisotopic (exact) mass is 319 g/mol. The molecule has 2 aromatic rings. The summed E-state index contributed by atoms with van der Waals surface area (Å²) in [5, 5.41) is 10.8. The third kappa shape index (κ3) is 4.60. The molecule has 1 aromatic heterocycles. The number of aliphatic imine (C=N–C) groups is 1. The molecule has 7 heteroatoms. The third-order valence-electron chi connectivity index (χ3n) is 2.70. The van der Waals surface area contributed by atoms with Gasteiger partial charge in [-0.15, -0.1) is 6.58 Å². The minimum atomic E-state index is 0.299. The van der Waals surface area contributed by atoms with Gasteiger partial charge in [0.2, 0.25) is 11.7 Å². The summed E-state index contributed by atoms with van der Waals surface area (Å²) in [7, 11) is 0. The van der Waals surface area contributed by atoms with Gasteiger partial charge in [-0.2, -0.15) is 4.98 Å². The molecular formula is C15H18ClN5O. The number of nitrogens with one attached hydrogen (secondary N) is 2. The van der Waals surface area contributed by atoms with Gasteiger partial charge in [0.1, 0.15) is 6.54 Å². The summed E-state index contributed by atoms with van der Waals surface area (Å²) in [5.41, 5.74) is 0.847. The van der Waals surface area contributed by atoms with Gasteiger partial charge in [0.25, 0.3) is 0 Å². The first kappa shape index (κ1) is 16.0. The Morgan fingerprint density at radius 1 is 1.36 bits per heavy atom. The van der Waals surface area contributed by atoms with Crippen molar-refractivity contribution in [3.63, 3.8) is 0 Å². The number of hydrogen-bond donors (Lipinski definition) is 2. The molecule has 1 aromatic carbocycles. The first-order valence-corrected chi connectivity index (χ1v) is 7.32. The molecule has 0 unspecified atom stereocenters. The topological polar surface area (TPSA) is 75.3 Å². The van der Waals surface area contributed by atoms with Crippen molar-refractivity contribution in [1.29, 1.82) is 0 Å². The second-order valence-electron chi connectivity index (χ2n) is 4.38. The Hall–Kier alpha value is -2.34. The Kier molecular flexibility index (Phi) is 5.97. The standard InChI is InChI=1S/C15H18ClN5O/c1-3-9-18-15(17-4-2)19-10-13-20-14(21-22-13)11-5-7-12(16)8-6-11/h3,5-8H,1,4,9-10H2,2H3,(H2,17,18,19). The fourth-order valence-electron chi connectivity index (χ4n) is 1.69. The van der Waals surface area contributed by atoms with Crippen LogP contribution in [-0.4, -0.2) is 29.2 Å². The van der Waals surface area contributed by atoms with Crippen molar-refractivity contribution in [3.05, 3.63) is 47.8 Å². The molecule has 1 heterocycles. The molecule has 2 rings (SSSR count). The number of aromatic nitrogens is 2. The highest BCUT2D eigenvalue weighted by Gasteiger charge is 2.08. The van der Waals surface area contributed by atoms with Gasteiger partial charge in [-0.1, -0.05) is 22.8 Å². The Labute approximate surface area is 134 Å². The summed E-state index contributed by atoms with van der Waals surface area (Å²) < 4.78 is 5.21. The Morgan fingerprint density at radius 2 is 2.14 bits per heavy atom. The zero-order valence-electron chi connectivity index (χ0n) is 12.3. The SMILES string of the molecule is C=CCNC(=NCc1nc(-c2ccc(Cl)cc2)no1)NCC. The van der Waals surface area contributed by atoms with Gasteiger partial charge in [-0.05, 0) is 31.2 Å². The van der Waals surface area contributed by atoms with E-state index in [4.69, 9.17) is 16.1 Å². The van der Waals surface area contributed by atoms with E-state index in [1.165, 1.54) is 0 Å². The molecule has 0 saturated heterocycles. The average molecular weight is 320 g/mol. The molecule has 0 bridgehead atoms. The normalized spacial score (nSPS) is 11.3. The van der Waals surface area contributed by atoms with Gasteiger partial charge >= 0.3 is 0 Å². The maximum Gasteiger partial charge on any atom is 0.248 e. The summed E-state index contributed by atoms with van der Waals surface area (Å²) in [6.07, 6.45) is 1.76. The summed E-state index contributed by atoms with van der Waals surface area (Å²) in [6.45, 7) is 7.35. The Bertz CT molecular complexity index is 636. The molecule has 0 atom stereocenters. The molecule has 0 fully saturated rings. The highest BCUT2D eigenvalue weighted by Crippen LogP contribution is 2.18. The maximum absolute atomic E-state index is 5.86. The Morgan fingerprint density at radius 3 is 2.82 bits per heavy atom. The summed E-state index contributed by atoms with van der Waals surface area (Å²) >= 11 is 5.86. The maximum atomic E-state index is 5.86. The van der Waals surface area contributed by atoms with Crippen LogP contribution >= 0.6 is 11.6 Å². The van der Waals surface area contributed by atoms with Crippen molar-refractivity contribution >= 4 is 17.6 Å². The lowest BCUT2D eigenvalue weighted by molar-refractivity contribution is 0.380. The van der Waals surface area contributed by atoms with Gasteiger partial charge in [0, 0.05) is 23.7 Å². The predicted molar refractivity (Wildman–Crippen MR) is 87.8 cm³/mol. The third-order valence-corrected chi connectivity index (χ3v) is 2.95. The van der Waals surface area contributed by atoms with E-state index < -0.39 is 0 Å². The molecular weight excluding hydrogens is 302 g/mol. The molecule has 6 nitrogen and oxygen atoms in total. The lowest BCUT2D eigenvalue weighted by Gasteiger charge is -2.08. The Balaban J connectivity index is 2.04. The number of nitrogens with zero attached hydrogens (tertiary/aromatic N) is 3. The molecule has 0 amide bonds. The van der Waals surface area contributed by atoms with Crippen LogP contribution in [-0.2, 0) is 6.54 Å². The van der Waals surface area contributed by atoms with E-state index in [1.54, 1.807) is 18.2 Å². The van der Waals surface area contributed by atoms with E-state index in [2.05, 4.69) is 32.3 Å². The van der Waals surface area contributed by atoms with Crippen LogP contribution in [0.4, 0.5) is 0 Å². The average Bonchev–Trinajstić information content (AvgIpc) is 3.00. The highest BCUT2D eigenvalue weighted by atomic mass is 35.5. The van der Waals surface area contributed by atoms with Crippen LogP contribution in [0.25, 0.3) is 11.4 Å². The van der Waals surface area contributed by atoms with Crippen molar-refractivity contribution in [1.82, 2.24) is 20.8 Å². The van der Waals surface area contributed by atoms with Crippen LogP contribution < -0.4 is 10.6 Å². The molecule has 0 aliphatic heterocycles. The van der Waals surface area contributed by atoms with Crippen molar-refractivity contribution in [2.24, 2.45) is 4.99 Å². The fourth-order valence-corrected chi connectivity index (χ4v) is 1.82. The minimum Gasteiger partial charge on any atom is -0.357 e. The number of hydrogen-bond acceptors (Lipinski definition) is 4. The van der Waals surface area contributed by atoms with Crippen LogP contribution in [0.5, 0.6) is 0 Å². The van der Waals surface area contributed by atoms with Crippen LogP contribution in [0.15, 0.2) is 46.4 Å². The second-order valence-corrected chi connectivity index (χ2v) is 4.82. The van der Waals surface area contributed by atoms with Crippen LogP contribution in [0.3, 0.4) is 0 Å². The molecule has 0 aliphatic rings. The number of halogens is 1. The molecule has 0 radical (unpaired) electrons. The van der Waals surface area contributed by atoms with Crippen LogP contribution in [0.1, 0.15) is 12.8 Å². The first-order valence-electron chi connectivity index (χ1n) is 6.94. The van der Waals surface area contributed by atoms with E-state index in [9.17, 15) is 0 Å². The first-order chi connectivity index (χ1) is 10.7. The van der Waals surface area contributed by atoms with Crippen LogP contribution in [0.2, 0.25) is 5.02 Å². The van der Waals surface area contributed by atoms with E-state index in [-0.39, 0.29) is 0 Å². The van der Waals surface area contributed by atoms with Gasteiger partial charge in [0.05, 0.1) is 0 Å². The van der Waals surface area contributed by atoms with E-state index in [1.807, 2.05) is 19.1 Å². The zero-order chi connectivity index (χ0) is 15.8. The van der Waals surface area contributed by atoms with E-state index in [0.29, 0.717) is 35.8 Å². The summed E-state index contributed by atoms with van der Waals surface area (Å²) in [5.74, 6) is 1.64. The van der Waals surface area contributed by atoms with Crippen molar-refractivity contribution in [2.75, 3.05) is 13.1 Å². The van der Waals surface area contributed by atoms with Crippen LogP contribution in [0, 0.1) is 0 Å². The molecule has 0 saturated carbocycles. The van der Waals surface area contributed by atoms with E-state index in [0.717, 1.165) is 12.1 Å². The van der Waals surface area contributed by atoms with Gasteiger partial charge in [0.15, 0.2) is 5.96 Å². The number of guanidine groups is 1. The van der Waals surface area contributed by atoms with E-state index >= 15 is 0 Å².